The fraction of sp³-hybridized carbons (Fsp3) is 0.148. The molecule has 0 aliphatic heterocycles. The Hall–Kier alpha value is -4.63. The van der Waals surface area contributed by atoms with Crippen LogP contribution in [0, 0.1) is 0 Å². The second-order valence-electron chi connectivity index (χ2n) is 8.79. The number of aromatic amines is 2. The van der Waals surface area contributed by atoms with Gasteiger partial charge in [0.2, 0.25) is 0 Å². The highest BCUT2D eigenvalue weighted by molar-refractivity contribution is 5.99. The van der Waals surface area contributed by atoms with Crippen LogP contribution in [0.2, 0.25) is 0 Å². The van der Waals surface area contributed by atoms with Crippen molar-refractivity contribution in [2.24, 2.45) is 0 Å². The molecule has 0 fully saturated rings. The molecule has 6 aromatic rings. The van der Waals surface area contributed by atoms with Gasteiger partial charge < -0.3 is 14.6 Å². The standard InChI is InChI=1S/C27H24N8O/c1-35(2)9-10-36-19-11-18(13-29-14-19)22-3-4-23-26(32-22)27(34-33-23)24-12-20-21(15-30-16-25(20)31-24)17-5-7-28-8-6-17/h3-8,11-16,31H,9-10H2,1-2H3,(H,33,34). The fourth-order valence-electron chi connectivity index (χ4n) is 4.17. The minimum atomic E-state index is 0.590. The van der Waals surface area contributed by atoms with E-state index in [2.05, 4.69) is 41.1 Å². The van der Waals surface area contributed by atoms with E-state index in [9.17, 15) is 0 Å². The maximum Gasteiger partial charge on any atom is 0.138 e. The van der Waals surface area contributed by atoms with E-state index in [1.54, 1.807) is 24.8 Å². The highest BCUT2D eigenvalue weighted by Crippen LogP contribution is 2.33. The smallest absolute Gasteiger partial charge is 0.138 e. The van der Waals surface area contributed by atoms with Crippen LogP contribution in [0.1, 0.15) is 0 Å². The zero-order valence-electron chi connectivity index (χ0n) is 19.9. The average molecular weight is 477 g/mol. The molecule has 6 rings (SSSR count). The van der Waals surface area contributed by atoms with Gasteiger partial charge in [0, 0.05) is 47.8 Å². The molecule has 0 radical (unpaired) electrons. The third kappa shape index (κ3) is 4.16. The zero-order chi connectivity index (χ0) is 24.5. The Morgan fingerprint density at radius 1 is 0.861 bits per heavy atom. The molecule has 0 aliphatic rings. The maximum atomic E-state index is 5.86. The van der Waals surface area contributed by atoms with Crippen LogP contribution in [0.3, 0.4) is 0 Å². The summed E-state index contributed by atoms with van der Waals surface area (Å²) in [5.41, 5.74) is 7.93. The molecule has 0 unspecified atom stereocenters. The van der Waals surface area contributed by atoms with Crippen molar-refractivity contribution in [3.63, 3.8) is 0 Å². The monoisotopic (exact) mass is 476 g/mol. The Morgan fingerprint density at radius 2 is 1.72 bits per heavy atom. The lowest BCUT2D eigenvalue weighted by Gasteiger charge is -2.11. The van der Waals surface area contributed by atoms with Crippen LogP contribution in [-0.2, 0) is 0 Å². The van der Waals surface area contributed by atoms with Crippen LogP contribution in [0.4, 0.5) is 0 Å². The van der Waals surface area contributed by atoms with Crippen molar-refractivity contribution in [3.05, 3.63) is 73.6 Å². The molecule has 9 nitrogen and oxygen atoms in total. The number of rotatable bonds is 7. The van der Waals surface area contributed by atoms with Gasteiger partial charge in [0.25, 0.3) is 0 Å². The van der Waals surface area contributed by atoms with Gasteiger partial charge in [-0.15, -0.1) is 0 Å². The summed E-state index contributed by atoms with van der Waals surface area (Å²) in [5, 5.41) is 8.74. The predicted molar refractivity (Wildman–Crippen MR) is 139 cm³/mol. The van der Waals surface area contributed by atoms with Gasteiger partial charge in [0.15, 0.2) is 0 Å². The van der Waals surface area contributed by atoms with E-state index >= 15 is 0 Å². The Balaban J connectivity index is 1.38. The van der Waals surface area contributed by atoms with Gasteiger partial charge in [0.05, 0.1) is 34.8 Å². The summed E-state index contributed by atoms with van der Waals surface area (Å²) < 4.78 is 5.86. The summed E-state index contributed by atoms with van der Waals surface area (Å²) in [5.74, 6) is 0.718. The van der Waals surface area contributed by atoms with E-state index in [1.807, 2.05) is 56.8 Å². The molecule has 0 saturated heterocycles. The molecule has 9 heteroatoms. The number of nitrogens with one attached hydrogen (secondary N) is 2. The quantitative estimate of drug-likeness (QED) is 0.348. The van der Waals surface area contributed by atoms with Gasteiger partial charge in [-0.1, -0.05) is 0 Å². The van der Waals surface area contributed by atoms with Gasteiger partial charge in [-0.2, -0.15) is 5.10 Å². The number of hydrogen-bond acceptors (Lipinski definition) is 7. The number of ether oxygens (including phenoxy) is 1. The Morgan fingerprint density at radius 3 is 2.58 bits per heavy atom. The molecule has 0 amide bonds. The van der Waals surface area contributed by atoms with Gasteiger partial charge in [-0.05, 0) is 56.1 Å². The summed E-state index contributed by atoms with van der Waals surface area (Å²) in [4.78, 5) is 23.4. The number of likely N-dealkylation sites (N-methyl/N-ethyl adjacent to an activating group) is 1. The minimum absolute atomic E-state index is 0.590. The predicted octanol–water partition coefficient (Wildman–Crippen LogP) is 4.57. The van der Waals surface area contributed by atoms with Crippen molar-refractivity contribution in [2.75, 3.05) is 27.2 Å². The number of pyridine rings is 4. The molecule has 0 saturated carbocycles. The topological polar surface area (TPSA) is 109 Å². The van der Waals surface area contributed by atoms with Crippen LogP contribution < -0.4 is 4.74 Å². The SMILES string of the molecule is CN(C)CCOc1cncc(-c2ccc3[nH]nc(-c4cc5c(-c6ccncc6)cncc5[nH]4)c3n2)c1. The Labute approximate surface area is 207 Å². The van der Waals surface area contributed by atoms with Crippen LogP contribution in [-0.4, -0.2) is 67.3 Å². The van der Waals surface area contributed by atoms with Gasteiger partial charge >= 0.3 is 0 Å². The van der Waals surface area contributed by atoms with Crippen molar-refractivity contribution in [3.8, 4) is 39.5 Å². The molecule has 2 N–H and O–H groups in total. The minimum Gasteiger partial charge on any atom is -0.491 e. The number of hydrogen-bond donors (Lipinski definition) is 2. The zero-order valence-corrected chi connectivity index (χ0v) is 19.9. The summed E-state index contributed by atoms with van der Waals surface area (Å²) in [6.07, 6.45) is 10.8. The Kier molecular flexibility index (Phi) is 5.59. The molecular weight excluding hydrogens is 452 g/mol. The van der Waals surface area contributed by atoms with Crippen molar-refractivity contribution in [2.45, 2.75) is 0 Å². The normalized spacial score (nSPS) is 11.5. The molecule has 0 bridgehead atoms. The van der Waals surface area contributed by atoms with E-state index in [4.69, 9.17) is 9.72 Å². The average Bonchev–Trinajstić information content (AvgIpc) is 3.53. The molecular formula is C27H24N8O. The number of fused-ring (bicyclic) bond motifs is 2. The summed E-state index contributed by atoms with van der Waals surface area (Å²) >= 11 is 0. The molecule has 178 valence electrons. The maximum absolute atomic E-state index is 5.86. The highest BCUT2D eigenvalue weighted by Gasteiger charge is 2.16. The lowest BCUT2D eigenvalue weighted by molar-refractivity contribution is 0.261. The third-order valence-electron chi connectivity index (χ3n) is 6.02. The van der Waals surface area contributed by atoms with E-state index in [-0.39, 0.29) is 0 Å². The lowest BCUT2D eigenvalue weighted by Crippen LogP contribution is -2.19. The van der Waals surface area contributed by atoms with Crippen molar-refractivity contribution >= 4 is 21.9 Å². The fourth-order valence-corrected chi connectivity index (χ4v) is 4.17. The van der Waals surface area contributed by atoms with Crippen LogP contribution in [0.5, 0.6) is 5.75 Å². The molecule has 0 aliphatic carbocycles. The molecule has 6 aromatic heterocycles. The summed E-state index contributed by atoms with van der Waals surface area (Å²) in [6.45, 7) is 1.42. The first kappa shape index (κ1) is 21.9. The van der Waals surface area contributed by atoms with Crippen molar-refractivity contribution in [1.82, 2.24) is 40.0 Å². The number of nitrogens with zero attached hydrogens (tertiary/aromatic N) is 6. The van der Waals surface area contributed by atoms with Crippen molar-refractivity contribution in [1.29, 1.82) is 0 Å². The van der Waals surface area contributed by atoms with Crippen molar-refractivity contribution < 1.29 is 4.74 Å². The van der Waals surface area contributed by atoms with E-state index in [0.29, 0.717) is 6.61 Å². The first-order valence-corrected chi connectivity index (χ1v) is 11.6. The van der Waals surface area contributed by atoms with Gasteiger partial charge in [-0.3, -0.25) is 20.1 Å². The highest BCUT2D eigenvalue weighted by atomic mass is 16.5. The summed E-state index contributed by atoms with van der Waals surface area (Å²) in [7, 11) is 4.03. The van der Waals surface area contributed by atoms with Crippen LogP contribution in [0.25, 0.3) is 55.7 Å². The van der Waals surface area contributed by atoms with Crippen LogP contribution >= 0.6 is 0 Å². The van der Waals surface area contributed by atoms with E-state index in [0.717, 1.165) is 68.0 Å². The third-order valence-corrected chi connectivity index (χ3v) is 6.02. The van der Waals surface area contributed by atoms with Gasteiger partial charge in [0.1, 0.15) is 23.6 Å². The Bertz CT molecular complexity index is 1660. The molecule has 36 heavy (non-hydrogen) atoms. The van der Waals surface area contributed by atoms with E-state index < -0.39 is 0 Å². The first-order valence-electron chi connectivity index (χ1n) is 11.6. The summed E-state index contributed by atoms with van der Waals surface area (Å²) in [6, 6.07) is 12.0. The van der Waals surface area contributed by atoms with E-state index in [1.165, 1.54) is 0 Å². The van der Waals surface area contributed by atoms with Crippen LogP contribution in [0.15, 0.2) is 73.6 Å². The number of H-pyrrole nitrogens is 2. The molecule has 6 heterocycles. The second-order valence-corrected chi connectivity index (χ2v) is 8.79. The first-order chi connectivity index (χ1) is 17.7. The number of aromatic nitrogens is 7. The molecule has 0 atom stereocenters. The largest absolute Gasteiger partial charge is 0.491 e. The lowest BCUT2D eigenvalue weighted by atomic mass is 10.1. The van der Waals surface area contributed by atoms with Gasteiger partial charge in [-0.25, -0.2) is 4.98 Å². The second kappa shape index (κ2) is 9.20. The molecule has 0 aromatic carbocycles. The molecule has 0 spiro atoms.